The third-order valence-corrected chi connectivity index (χ3v) is 5.71. The van der Waals surface area contributed by atoms with Crippen molar-refractivity contribution in [2.45, 2.75) is 39.4 Å². The molecule has 1 aliphatic rings. The molecular formula is C18H28N6S. The average Bonchev–Trinajstić information content (AvgIpc) is 3.25. The van der Waals surface area contributed by atoms with Crippen molar-refractivity contribution in [3.8, 4) is 0 Å². The Morgan fingerprint density at radius 2 is 2.28 bits per heavy atom. The van der Waals surface area contributed by atoms with E-state index in [1.165, 1.54) is 12.0 Å². The molecule has 3 heterocycles. The van der Waals surface area contributed by atoms with E-state index in [1.807, 2.05) is 35.3 Å². The Labute approximate surface area is 153 Å². The standard InChI is InChI=1S/C18H28N6S/c1-4-19-18(21-12-16-5-8-22-23(16)3)20-11-14(2)24-9-6-17-15(13-24)7-10-25-17/h5,7-8,10,14H,4,6,9,11-13H2,1-3H3,(H2,19,20,21). The summed E-state index contributed by atoms with van der Waals surface area (Å²) < 4.78 is 1.86. The molecule has 2 aromatic rings. The zero-order chi connectivity index (χ0) is 17.6. The number of nitrogens with zero attached hydrogens (tertiary/aromatic N) is 4. The summed E-state index contributed by atoms with van der Waals surface area (Å²) in [5.41, 5.74) is 2.60. The molecule has 1 unspecified atom stereocenters. The highest BCUT2D eigenvalue weighted by Gasteiger charge is 2.21. The van der Waals surface area contributed by atoms with Crippen LogP contribution in [0.1, 0.15) is 30.0 Å². The van der Waals surface area contributed by atoms with E-state index in [0.717, 1.165) is 37.8 Å². The molecule has 2 aromatic heterocycles. The quantitative estimate of drug-likeness (QED) is 0.611. The molecular weight excluding hydrogens is 332 g/mol. The average molecular weight is 361 g/mol. The van der Waals surface area contributed by atoms with Crippen molar-refractivity contribution < 1.29 is 0 Å². The Hall–Kier alpha value is -1.86. The second-order valence-corrected chi connectivity index (χ2v) is 7.46. The molecule has 0 fully saturated rings. The van der Waals surface area contributed by atoms with Gasteiger partial charge in [-0.3, -0.25) is 9.58 Å². The van der Waals surface area contributed by atoms with E-state index in [4.69, 9.17) is 0 Å². The number of thiophene rings is 1. The normalized spacial score (nSPS) is 16.5. The second-order valence-electron chi connectivity index (χ2n) is 6.46. The Morgan fingerprint density at radius 1 is 1.40 bits per heavy atom. The lowest BCUT2D eigenvalue weighted by molar-refractivity contribution is 0.192. The number of hydrogen-bond acceptors (Lipinski definition) is 4. The first-order valence-electron chi connectivity index (χ1n) is 8.95. The van der Waals surface area contributed by atoms with Crippen LogP contribution in [-0.2, 0) is 26.6 Å². The molecule has 136 valence electrons. The third kappa shape index (κ3) is 4.61. The molecule has 1 atom stereocenters. The van der Waals surface area contributed by atoms with Crippen LogP contribution >= 0.6 is 11.3 Å². The molecule has 0 saturated heterocycles. The summed E-state index contributed by atoms with van der Waals surface area (Å²) in [6, 6.07) is 4.74. The van der Waals surface area contributed by atoms with Gasteiger partial charge in [0.1, 0.15) is 0 Å². The first-order valence-corrected chi connectivity index (χ1v) is 9.83. The van der Waals surface area contributed by atoms with Crippen molar-refractivity contribution in [3.05, 3.63) is 39.8 Å². The van der Waals surface area contributed by atoms with Gasteiger partial charge in [0.2, 0.25) is 0 Å². The van der Waals surface area contributed by atoms with Gasteiger partial charge in [0.15, 0.2) is 5.96 Å². The molecule has 25 heavy (non-hydrogen) atoms. The molecule has 2 N–H and O–H groups in total. The highest BCUT2D eigenvalue weighted by Crippen LogP contribution is 2.24. The fraction of sp³-hybridized carbons (Fsp3) is 0.556. The first kappa shape index (κ1) is 17.9. The van der Waals surface area contributed by atoms with Crippen LogP contribution in [0.25, 0.3) is 0 Å². The van der Waals surface area contributed by atoms with Crippen molar-refractivity contribution in [3.63, 3.8) is 0 Å². The number of fused-ring (bicyclic) bond motifs is 1. The van der Waals surface area contributed by atoms with Crippen LogP contribution in [0.2, 0.25) is 0 Å². The molecule has 6 nitrogen and oxygen atoms in total. The summed E-state index contributed by atoms with van der Waals surface area (Å²) in [4.78, 5) is 8.78. The maximum atomic E-state index is 4.68. The minimum absolute atomic E-state index is 0.466. The lowest BCUT2D eigenvalue weighted by atomic mass is 10.1. The predicted molar refractivity (Wildman–Crippen MR) is 104 cm³/mol. The largest absolute Gasteiger partial charge is 0.357 e. The molecule has 0 spiro atoms. The van der Waals surface area contributed by atoms with Crippen LogP contribution in [0.15, 0.2) is 28.7 Å². The minimum atomic E-state index is 0.466. The Bertz CT molecular complexity index is 704. The van der Waals surface area contributed by atoms with E-state index in [2.05, 4.69) is 50.9 Å². The van der Waals surface area contributed by atoms with Crippen molar-refractivity contribution in [1.82, 2.24) is 25.3 Å². The van der Waals surface area contributed by atoms with E-state index in [1.54, 1.807) is 4.88 Å². The van der Waals surface area contributed by atoms with E-state index in [-0.39, 0.29) is 0 Å². The molecule has 0 aliphatic carbocycles. The fourth-order valence-corrected chi connectivity index (χ4v) is 3.97. The molecule has 0 bridgehead atoms. The smallest absolute Gasteiger partial charge is 0.191 e. The van der Waals surface area contributed by atoms with E-state index in [9.17, 15) is 0 Å². The van der Waals surface area contributed by atoms with Gasteiger partial charge < -0.3 is 10.6 Å². The summed E-state index contributed by atoms with van der Waals surface area (Å²) in [6.45, 7) is 8.94. The van der Waals surface area contributed by atoms with E-state index in [0.29, 0.717) is 12.6 Å². The highest BCUT2D eigenvalue weighted by atomic mass is 32.1. The van der Waals surface area contributed by atoms with Crippen LogP contribution in [-0.4, -0.2) is 46.3 Å². The number of aryl methyl sites for hydroxylation is 1. The summed E-state index contributed by atoms with van der Waals surface area (Å²) in [7, 11) is 1.95. The zero-order valence-corrected chi connectivity index (χ0v) is 16.1. The van der Waals surface area contributed by atoms with Crippen molar-refractivity contribution >= 4 is 17.3 Å². The lowest BCUT2D eigenvalue weighted by Gasteiger charge is -2.32. The topological polar surface area (TPSA) is 57.5 Å². The number of aromatic nitrogens is 2. The van der Waals surface area contributed by atoms with Gasteiger partial charge in [-0.25, -0.2) is 4.99 Å². The molecule has 0 radical (unpaired) electrons. The molecule has 3 rings (SSSR count). The summed E-state index contributed by atoms with van der Waals surface area (Å²) >= 11 is 1.89. The van der Waals surface area contributed by atoms with Crippen LogP contribution in [0.5, 0.6) is 0 Å². The Kier molecular flexibility index (Phi) is 6.09. The molecule has 0 saturated carbocycles. The van der Waals surface area contributed by atoms with Gasteiger partial charge in [-0.1, -0.05) is 0 Å². The SMILES string of the molecule is CCNC(=NCc1ccnn1C)NCC(C)N1CCc2sccc2C1. The number of rotatable bonds is 6. The third-order valence-electron chi connectivity index (χ3n) is 4.69. The highest BCUT2D eigenvalue weighted by molar-refractivity contribution is 7.10. The monoisotopic (exact) mass is 360 g/mol. The number of hydrogen-bond donors (Lipinski definition) is 2. The van der Waals surface area contributed by atoms with Gasteiger partial charge in [0.25, 0.3) is 0 Å². The first-order chi connectivity index (χ1) is 12.2. The van der Waals surface area contributed by atoms with Gasteiger partial charge in [0, 0.05) is 50.3 Å². The van der Waals surface area contributed by atoms with E-state index < -0.39 is 0 Å². The summed E-state index contributed by atoms with van der Waals surface area (Å²) in [5.74, 6) is 0.865. The Balaban J connectivity index is 1.53. The molecule has 0 amide bonds. The maximum absolute atomic E-state index is 4.68. The number of guanidine groups is 1. The summed E-state index contributed by atoms with van der Waals surface area (Å²) in [5, 5.41) is 13.2. The van der Waals surface area contributed by atoms with Gasteiger partial charge in [-0.2, -0.15) is 5.10 Å². The van der Waals surface area contributed by atoms with Crippen molar-refractivity contribution in [2.75, 3.05) is 19.6 Å². The zero-order valence-electron chi connectivity index (χ0n) is 15.3. The van der Waals surface area contributed by atoms with Crippen LogP contribution in [0.4, 0.5) is 0 Å². The molecule has 0 aromatic carbocycles. The summed E-state index contributed by atoms with van der Waals surface area (Å²) in [6.07, 6.45) is 2.98. The Morgan fingerprint density at radius 3 is 3.04 bits per heavy atom. The van der Waals surface area contributed by atoms with Crippen LogP contribution in [0.3, 0.4) is 0 Å². The lowest BCUT2D eigenvalue weighted by Crippen LogP contribution is -2.47. The van der Waals surface area contributed by atoms with Crippen molar-refractivity contribution in [2.24, 2.45) is 12.0 Å². The van der Waals surface area contributed by atoms with Gasteiger partial charge >= 0.3 is 0 Å². The van der Waals surface area contributed by atoms with Crippen LogP contribution in [0, 0.1) is 0 Å². The van der Waals surface area contributed by atoms with Crippen LogP contribution < -0.4 is 10.6 Å². The maximum Gasteiger partial charge on any atom is 0.191 e. The minimum Gasteiger partial charge on any atom is -0.357 e. The van der Waals surface area contributed by atoms with E-state index >= 15 is 0 Å². The number of nitrogens with one attached hydrogen (secondary N) is 2. The molecule has 7 heteroatoms. The van der Waals surface area contributed by atoms with Crippen molar-refractivity contribution in [1.29, 1.82) is 0 Å². The predicted octanol–water partition coefficient (Wildman–Crippen LogP) is 1.98. The second kappa shape index (κ2) is 8.49. The molecule has 1 aliphatic heterocycles. The van der Waals surface area contributed by atoms with Gasteiger partial charge in [0.05, 0.1) is 12.2 Å². The fourth-order valence-electron chi connectivity index (χ4n) is 3.08. The van der Waals surface area contributed by atoms with Gasteiger partial charge in [-0.05, 0) is 43.3 Å². The van der Waals surface area contributed by atoms with Gasteiger partial charge in [-0.15, -0.1) is 11.3 Å². The number of aliphatic imine (C=N–C) groups is 1.